The van der Waals surface area contributed by atoms with Crippen LogP contribution in [0.3, 0.4) is 0 Å². The Morgan fingerprint density at radius 3 is 2.79 bits per heavy atom. The van der Waals surface area contributed by atoms with Crippen molar-refractivity contribution in [2.45, 2.75) is 32.4 Å². The Morgan fingerprint density at radius 1 is 1.38 bits per heavy atom. The highest BCUT2D eigenvalue weighted by molar-refractivity contribution is 5.75. The molecule has 0 unspecified atom stereocenters. The van der Waals surface area contributed by atoms with E-state index in [0.717, 1.165) is 11.4 Å². The van der Waals surface area contributed by atoms with Gasteiger partial charge in [-0.15, -0.1) is 0 Å². The minimum absolute atomic E-state index is 0.154. The second-order valence-electron chi connectivity index (χ2n) is 6.31. The van der Waals surface area contributed by atoms with E-state index < -0.39 is 5.60 Å². The number of hydrogen-bond acceptors (Lipinski definition) is 6. The largest absolute Gasteiger partial charge is 0.386 e. The first kappa shape index (κ1) is 16.4. The third-order valence-corrected chi connectivity index (χ3v) is 4.18. The quantitative estimate of drug-likeness (QED) is 0.804. The van der Waals surface area contributed by atoms with Crippen LogP contribution in [0.2, 0.25) is 0 Å². The zero-order valence-corrected chi connectivity index (χ0v) is 13.9. The van der Waals surface area contributed by atoms with E-state index in [1.54, 1.807) is 23.1 Å². The molecule has 2 aromatic heterocycles. The fraction of sp³-hybridized carbons (Fsp3) is 0.500. The highest BCUT2D eigenvalue weighted by atomic mass is 16.3. The lowest BCUT2D eigenvalue weighted by Gasteiger charge is -2.23. The number of aromatic nitrogens is 4. The van der Waals surface area contributed by atoms with E-state index in [1.807, 2.05) is 24.8 Å². The molecule has 1 fully saturated rings. The van der Waals surface area contributed by atoms with E-state index in [4.69, 9.17) is 0 Å². The molecule has 0 bridgehead atoms. The molecule has 0 saturated carbocycles. The summed E-state index contributed by atoms with van der Waals surface area (Å²) >= 11 is 0. The Labute approximate surface area is 140 Å². The van der Waals surface area contributed by atoms with Gasteiger partial charge in [0.25, 0.3) is 0 Å². The molecule has 0 aliphatic carbocycles. The summed E-state index contributed by atoms with van der Waals surface area (Å²) in [5.74, 6) is 0.437. The van der Waals surface area contributed by atoms with Crippen molar-refractivity contribution in [2.24, 2.45) is 0 Å². The predicted octanol–water partition coefficient (Wildman–Crippen LogP) is 0.0475. The van der Waals surface area contributed by atoms with Gasteiger partial charge in [-0.3, -0.25) is 9.48 Å². The number of carbonyl (C=O) groups is 1. The number of β-amino-alcohol motifs (C(OH)–C–C–N with tert-alkyl or cyclic N) is 1. The molecule has 1 amide bonds. The summed E-state index contributed by atoms with van der Waals surface area (Å²) in [5.41, 5.74) is 0.854. The molecule has 3 heterocycles. The van der Waals surface area contributed by atoms with Crippen LogP contribution >= 0.6 is 0 Å². The summed E-state index contributed by atoms with van der Waals surface area (Å²) in [4.78, 5) is 22.4. The van der Waals surface area contributed by atoms with Crippen molar-refractivity contribution >= 4 is 11.9 Å². The summed E-state index contributed by atoms with van der Waals surface area (Å²) < 4.78 is 1.66. The number of rotatable bonds is 5. The van der Waals surface area contributed by atoms with Crippen molar-refractivity contribution in [3.8, 4) is 0 Å². The number of nitrogens with one attached hydrogen (secondary N) is 1. The van der Waals surface area contributed by atoms with Gasteiger partial charge in [0.15, 0.2) is 0 Å². The molecule has 1 atom stereocenters. The van der Waals surface area contributed by atoms with Crippen LogP contribution < -0.4 is 10.2 Å². The molecule has 3 rings (SSSR count). The monoisotopic (exact) mass is 330 g/mol. The van der Waals surface area contributed by atoms with Crippen molar-refractivity contribution in [2.75, 3.05) is 24.5 Å². The fourth-order valence-electron chi connectivity index (χ4n) is 2.92. The molecule has 2 N–H and O–H groups in total. The van der Waals surface area contributed by atoms with Crippen LogP contribution in [0, 0.1) is 13.8 Å². The van der Waals surface area contributed by atoms with E-state index in [1.165, 1.54) is 0 Å². The van der Waals surface area contributed by atoms with Gasteiger partial charge in [0, 0.05) is 31.2 Å². The smallest absolute Gasteiger partial charge is 0.241 e. The molecule has 1 aliphatic heterocycles. The molecule has 1 saturated heterocycles. The number of aliphatic hydroxyl groups is 1. The molecule has 8 heteroatoms. The molecular formula is C16H22N6O2. The van der Waals surface area contributed by atoms with Gasteiger partial charge in [-0.25, -0.2) is 9.97 Å². The van der Waals surface area contributed by atoms with Crippen molar-refractivity contribution in [1.29, 1.82) is 0 Å². The maximum atomic E-state index is 12.1. The van der Waals surface area contributed by atoms with Crippen LogP contribution in [-0.4, -0.2) is 56.0 Å². The van der Waals surface area contributed by atoms with E-state index in [2.05, 4.69) is 20.4 Å². The maximum absolute atomic E-state index is 12.1. The van der Waals surface area contributed by atoms with Crippen molar-refractivity contribution in [3.63, 3.8) is 0 Å². The number of hydrogen-bond donors (Lipinski definition) is 2. The first-order valence-electron chi connectivity index (χ1n) is 7.97. The van der Waals surface area contributed by atoms with Crippen LogP contribution in [0.15, 0.2) is 24.5 Å². The third-order valence-electron chi connectivity index (χ3n) is 4.18. The summed E-state index contributed by atoms with van der Waals surface area (Å²) in [7, 11) is 0. The SMILES string of the molecule is Cc1cc(C)n(CC(=O)NC[C@]2(O)CCN(c3ncccn3)C2)n1. The van der Waals surface area contributed by atoms with Crippen LogP contribution in [0.1, 0.15) is 17.8 Å². The van der Waals surface area contributed by atoms with Gasteiger partial charge in [-0.2, -0.15) is 5.10 Å². The summed E-state index contributed by atoms with van der Waals surface area (Å²) in [6.45, 7) is 5.22. The van der Waals surface area contributed by atoms with Gasteiger partial charge >= 0.3 is 0 Å². The molecule has 0 radical (unpaired) electrons. The molecular weight excluding hydrogens is 308 g/mol. The fourth-order valence-corrected chi connectivity index (χ4v) is 2.92. The minimum atomic E-state index is -0.968. The van der Waals surface area contributed by atoms with Crippen LogP contribution in [0.25, 0.3) is 0 Å². The van der Waals surface area contributed by atoms with E-state index in [-0.39, 0.29) is 19.0 Å². The first-order valence-corrected chi connectivity index (χ1v) is 7.97. The van der Waals surface area contributed by atoms with E-state index in [9.17, 15) is 9.90 Å². The van der Waals surface area contributed by atoms with Crippen molar-refractivity contribution in [3.05, 3.63) is 35.9 Å². The molecule has 24 heavy (non-hydrogen) atoms. The highest BCUT2D eigenvalue weighted by Gasteiger charge is 2.37. The van der Waals surface area contributed by atoms with E-state index in [0.29, 0.717) is 25.5 Å². The standard InChI is InChI=1S/C16H22N6O2/c1-12-8-13(2)22(20-12)9-14(23)19-10-16(24)4-7-21(11-16)15-17-5-3-6-18-15/h3,5-6,8,24H,4,7,9-11H2,1-2H3,(H,19,23)/t16-/m1/s1. The summed E-state index contributed by atoms with van der Waals surface area (Å²) in [6.07, 6.45) is 3.91. The second kappa shape index (κ2) is 6.56. The second-order valence-corrected chi connectivity index (χ2v) is 6.31. The predicted molar refractivity (Wildman–Crippen MR) is 88.5 cm³/mol. The van der Waals surface area contributed by atoms with Gasteiger partial charge < -0.3 is 15.3 Å². The van der Waals surface area contributed by atoms with Crippen LogP contribution in [0.4, 0.5) is 5.95 Å². The Kier molecular flexibility index (Phi) is 4.48. The highest BCUT2D eigenvalue weighted by Crippen LogP contribution is 2.23. The normalized spacial score (nSPS) is 20.4. The Morgan fingerprint density at radius 2 is 2.12 bits per heavy atom. The molecule has 0 aromatic carbocycles. The topological polar surface area (TPSA) is 96.2 Å². The number of carbonyl (C=O) groups excluding carboxylic acids is 1. The summed E-state index contributed by atoms with van der Waals surface area (Å²) in [6, 6.07) is 3.68. The lowest BCUT2D eigenvalue weighted by atomic mass is 10.0. The van der Waals surface area contributed by atoms with Crippen molar-refractivity contribution < 1.29 is 9.90 Å². The molecule has 1 aliphatic rings. The van der Waals surface area contributed by atoms with Crippen LogP contribution in [0.5, 0.6) is 0 Å². The Balaban J connectivity index is 1.53. The van der Waals surface area contributed by atoms with Gasteiger partial charge in [-0.1, -0.05) is 0 Å². The minimum Gasteiger partial charge on any atom is -0.386 e. The third kappa shape index (κ3) is 3.70. The zero-order chi connectivity index (χ0) is 17.2. The van der Waals surface area contributed by atoms with E-state index >= 15 is 0 Å². The zero-order valence-electron chi connectivity index (χ0n) is 13.9. The number of nitrogens with zero attached hydrogens (tertiary/aromatic N) is 5. The Hall–Kier alpha value is -2.48. The average Bonchev–Trinajstić information content (AvgIpc) is 3.10. The first-order chi connectivity index (χ1) is 11.5. The molecule has 2 aromatic rings. The van der Waals surface area contributed by atoms with Gasteiger partial charge in [0.05, 0.1) is 12.2 Å². The molecule has 128 valence electrons. The molecule has 0 spiro atoms. The van der Waals surface area contributed by atoms with Gasteiger partial charge in [0.2, 0.25) is 11.9 Å². The number of amides is 1. The molecule has 8 nitrogen and oxygen atoms in total. The summed E-state index contributed by atoms with van der Waals surface area (Å²) in [5, 5.41) is 17.7. The van der Waals surface area contributed by atoms with Gasteiger partial charge in [-0.05, 0) is 32.4 Å². The Bertz CT molecular complexity index is 717. The lowest BCUT2D eigenvalue weighted by molar-refractivity contribution is -0.123. The van der Waals surface area contributed by atoms with Gasteiger partial charge in [0.1, 0.15) is 12.1 Å². The number of anilines is 1. The lowest BCUT2D eigenvalue weighted by Crippen LogP contribution is -2.46. The number of aryl methyl sites for hydroxylation is 2. The maximum Gasteiger partial charge on any atom is 0.241 e. The average molecular weight is 330 g/mol. The van der Waals surface area contributed by atoms with Crippen molar-refractivity contribution in [1.82, 2.24) is 25.1 Å². The van der Waals surface area contributed by atoms with Crippen LogP contribution in [-0.2, 0) is 11.3 Å².